The van der Waals surface area contributed by atoms with Crippen molar-refractivity contribution in [3.63, 3.8) is 0 Å². The summed E-state index contributed by atoms with van der Waals surface area (Å²) in [6, 6.07) is 6.91. The van der Waals surface area contributed by atoms with E-state index in [0.717, 1.165) is 12.0 Å². The van der Waals surface area contributed by atoms with Crippen LogP contribution in [0.3, 0.4) is 0 Å². The molecule has 25 heavy (non-hydrogen) atoms. The first-order valence-corrected chi connectivity index (χ1v) is 8.75. The second kappa shape index (κ2) is 7.77. The van der Waals surface area contributed by atoms with Gasteiger partial charge >= 0.3 is 5.97 Å². The van der Waals surface area contributed by atoms with Crippen molar-refractivity contribution in [3.05, 3.63) is 35.1 Å². The maximum atomic E-state index is 14.0. The monoisotopic (exact) mass is 345 g/mol. The largest absolute Gasteiger partial charge is 0.462 e. The molecule has 0 N–H and O–H groups in total. The van der Waals surface area contributed by atoms with Crippen LogP contribution in [0, 0.1) is 23.1 Å². The molecule has 0 saturated heterocycles. The zero-order valence-electron chi connectivity index (χ0n) is 15.0. The Morgan fingerprint density at radius 1 is 1.44 bits per heavy atom. The van der Waals surface area contributed by atoms with E-state index < -0.39 is 23.1 Å². The highest BCUT2D eigenvalue weighted by Gasteiger charge is 2.45. The summed E-state index contributed by atoms with van der Waals surface area (Å²) in [5.74, 6) is -2.16. The highest BCUT2D eigenvalue weighted by atomic mass is 19.1. The van der Waals surface area contributed by atoms with Crippen molar-refractivity contribution in [2.75, 3.05) is 0 Å². The minimum absolute atomic E-state index is 0.0445. The smallest absolute Gasteiger partial charge is 0.316 e. The number of hydrogen-bond donors (Lipinski definition) is 0. The standard InChI is InChI=1S/C20H24FNO3/c1-4-5-14-8-15(10-16(21)9-14)20(12-22)7-6-18(23)17(11-20)19(24)25-13(2)3/h8-10,13,17H,4-7,11H2,1-3H3. The molecule has 1 saturated carbocycles. The number of halogens is 1. The minimum atomic E-state index is -1.04. The molecule has 5 heteroatoms. The van der Waals surface area contributed by atoms with Crippen molar-refractivity contribution >= 4 is 11.8 Å². The maximum absolute atomic E-state index is 14.0. The molecule has 0 aliphatic heterocycles. The lowest BCUT2D eigenvalue weighted by molar-refractivity contribution is -0.157. The Balaban J connectivity index is 2.38. The number of benzene rings is 1. The van der Waals surface area contributed by atoms with Crippen molar-refractivity contribution in [3.8, 4) is 6.07 Å². The summed E-state index contributed by atoms with van der Waals surface area (Å²) < 4.78 is 19.2. The van der Waals surface area contributed by atoms with Gasteiger partial charge < -0.3 is 4.74 Å². The number of carbonyl (C=O) groups is 2. The van der Waals surface area contributed by atoms with Crippen LogP contribution in [0.4, 0.5) is 4.39 Å². The Hall–Kier alpha value is -2.22. The van der Waals surface area contributed by atoms with Crippen LogP contribution in [-0.4, -0.2) is 17.9 Å². The van der Waals surface area contributed by atoms with E-state index in [9.17, 15) is 19.2 Å². The van der Waals surface area contributed by atoms with Crippen LogP contribution in [-0.2, 0) is 26.2 Å². The summed E-state index contributed by atoms with van der Waals surface area (Å²) in [5.41, 5.74) is 0.331. The number of rotatable bonds is 5. The Labute approximate surface area is 148 Å². The Morgan fingerprint density at radius 3 is 2.76 bits per heavy atom. The summed E-state index contributed by atoms with van der Waals surface area (Å²) in [6.45, 7) is 5.43. The summed E-state index contributed by atoms with van der Waals surface area (Å²) in [4.78, 5) is 24.5. The van der Waals surface area contributed by atoms with E-state index in [4.69, 9.17) is 4.74 Å². The van der Waals surface area contributed by atoms with E-state index in [1.54, 1.807) is 13.8 Å². The predicted molar refractivity (Wildman–Crippen MR) is 91.3 cm³/mol. The van der Waals surface area contributed by atoms with Gasteiger partial charge in [0.05, 0.1) is 17.6 Å². The molecule has 1 aliphatic carbocycles. The normalized spacial score (nSPS) is 23.4. The minimum Gasteiger partial charge on any atom is -0.462 e. The topological polar surface area (TPSA) is 67.2 Å². The Kier molecular flexibility index (Phi) is 5.94. The third-order valence-electron chi connectivity index (χ3n) is 4.64. The Bertz CT molecular complexity index is 707. The van der Waals surface area contributed by atoms with Gasteiger partial charge in [-0.1, -0.05) is 19.4 Å². The van der Waals surface area contributed by atoms with E-state index in [-0.39, 0.29) is 24.7 Å². The lowest BCUT2D eigenvalue weighted by atomic mass is 9.66. The molecule has 1 aliphatic rings. The molecule has 1 fully saturated rings. The molecule has 2 atom stereocenters. The van der Waals surface area contributed by atoms with Gasteiger partial charge in [0.2, 0.25) is 0 Å². The zero-order valence-corrected chi connectivity index (χ0v) is 15.0. The molecule has 4 nitrogen and oxygen atoms in total. The second-order valence-electron chi connectivity index (χ2n) is 7.00. The molecule has 134 valence electrons. The average Bonchev–Trinajstić information content (AvgIpc) is 2.54. The predicted octanol–water partition coefficient (Wildman–Crippen LogP) is 3.86. The second-order valence-corrected chi connectivity index (χ2v) is 7.00. The van der Waals surface area contributed by atoms with Crippen molar-refractivity contribution in [1.82, 2.24) is 0 Å². The van der Waals surface area contributed by atoms with Crippen molar-refractivity contribution in [2.24, 2.45) is 5.92 Å². The van der Waals surface area contributed by atoms with Gasteiger partial charge in [0.1, 0.15) is 17.5 Å². The number of esters is 1. The zero-order chi connectivity index (χ0) is 18.6. The van der Waals surface area contributed by atoms with Gasteiger partial charge in [-0.15, -0.1) is 0 Å². The first-order valence-electron chi connectivity index (χ1n) is 8.75. The van der Waals surface area contributed by atoms with Crippen LogP contribution in [0.25, 0.3) is 0 Å². The van der Waals surface area contributed by atoms with E-state index in [0.29, 0.717) is 18.4 Å². The molecule has 0 spiro atoms. The van der Waals surface area contributed by atoms with Crippen LogP contribution >= 0.6 is 0 Å². The van der Waals surface area contributed by atoms with Crippen molar-refractivity contribution < 1.29 is 18.7 Å². The molecule has 0 heterocycles. The van der Waals surface area contributed by atoms with Crippen LogP contribution < -0.4 is 0 Å². The average molecular weight is 345 g/mol. The fourth-order valence-corrected chi connectivity index (χ4v) is 3.39. The number of aryl methyl sites for hydroxylation is 1. The molecule has 1 aromatic carbocycles. The molecular weight excluding hydrogens is 321 g/mol. The van der Waals surface area contributed by atoms with Crippen LogP contribution in [0.2, 0.25) is 0 Å². The summed E-state index contributed by atoms with van der Waals surface area (Å²) in [7, 11) is 0. The number of Topliss-reactive ketones (excluding diaryl/α,β-unsaturated/α-hetero) is 1. The van der Waals surface area contributed by atoms with Crippen molar-refractivity contribution in [1.29, 1.82) is 5.26 Å². The number of nitriles is 1. The lowest BCUT2D eigenvalue weighted by Gasteiger charge is -2.34. The lowest BCUT2D eigenvalue weighted by Crippen LogP contribution is -2.41. The Morgan fingerprint density at radius 2 is 2.16 bits per heavy atom. The van der Waals surface area contributed by atoms with Gasteiger partial charge in [-0.25, -0.2) is 4.39 Å². The molecule has 2 unspecified atom stereocenters. The summed E-state index contributed by atoms with van der Waals surface area (Å²) >= 11 is 0. The van der Waals surface area contributed by atoms with Gasteiger partial charge in [0.15, 0.2) is 0 Å². The first kappa shape index (κ1) is 19.1. The first-order chi connectivity index (χ1) is 11.8. The van der Waals surface area contributed by atoms with Crippen LogP contribution in [0.15, 0.2) is 18.2 Å². The SMILES string of the molecule is CCCc1cc(F)cc(C2(C#N)CCC(=O)C(C(=O)OC(C)C)C2)c1. The van der Waals surface area contributed by atoms with E-state index in [1.165, 1.54) is 12.1 Å². The molecule has 0 amide bonds. The summed E-state index contributed by atoms with van der Waals surface area (Å²) in [6.07, 6.45) is 1.70. The van der Waals surface area contributed by atoms with Gasteiger partial charge in [-0.05, 0) is 56.4 Å². The number of ether oxygens (including phenoxy) is 1. The van der Waals surface area contributed by atoms with Gasteiger partial charge in [-0.3, -0.25) is 9.59 Å². The van der Waals surface area contributed by atoms with E-state index in [2.05, 4.69) is 6.07 Å². The molecule has 0 radical (unpaired) electrons. The van der Waals surface area contributed by atoms with Crippen molar-refractivity contribution in [2.45, 2.75) is 64.4 Å². The van der Waals surface area contributed by atoms with Gasteiger partial charge in [-0.2, -0.15) is 5.26 Å². The molecule has 2 rings (SSSR count). The molecule has 1 aromatic rings. The number of hydrogen-bond acceptors (Lipinski definition) is 4. The van der Waals surface area contributed by atoms with Gasteiger partial charge in [0.25, 0.3) is 0 Å². The highest BCUT2D eigenvalue weighted by molar-refractivity contribution is 6.00. The number of ketones is 1. The highest BCUT2D eigenvalue weighted by Crippen LogP contribution is 2.41. The van der Waals surface area contributed by atoms with E-state index >= 15 is 0 Å². The van der Waals surface area contributed by atoms with Crippen LogP contribution in [0.1, 0.15) is 57.6 Å². The van der Waals surface area contributed by atoms with Gasteiger partial charge in [0, 0.05) is 6.42 Å². The summed E-state index contributed by atoms with van der Waals surface area (Å²) in [5, 5.41) is 9.84. The number of nitrogens with zero attached hydrogens (tertiary/aromatic N) is 1. The third kappa shape index (κ3) is 4.25. The number of carbonyl (C=O) groups excluding carboxylic acids is 2. The molecule has 0 aromatic heterocycles. The molecular formula is C20H24FNO3. The fraction of sp³-hybridized carbons (Fsp3) is 0.550. The third-order valence-corrected chi connectivity index (χ3v) is 4.64. The fourth-order valence-electron chi connectivity index (χ4n) is 3.39. The van der Waals surface area contributed by atoms with Crippen LogP contribution in [0.5, 0.6) is 0 Å². The molecule has 0 bridgehead atoms. The quantitative estimate of drug-likeness (QED) is 0.600. The van der Waals surface area contributed by atoms with E-state index in [1.807, 2.05) is 13.0 Å². The maximum Gasteiger partial charge on any atom is 0.316 e.